The Bertz CT molecular complexity index is 544. The van der Waals surface area contributed by atoms with Crippen LogP contribution in [0.1, 0.15) is 53.5 Å². The molecule has 1 aromatic carbocycles. The van der Waals surface area contributed by atoms with E-state index in [1.165, 1.54) is 12.1 Å². The number of quaternary nitrogens is 1. The number of likely N-dealkylation sites (N-methyl/N-ethyl adjacent to an activating group) is 1. The fraction of sp³-hybridized carbons (Fsp3) is 0.667. The van der Waals surface area contributed by atoms with Gasteiger partial charge < -0.3 is 19.8 Å². The molecule has 4 heteroatoms. The zero-order valence-electron chi connectivity index (χ0n) is 15.2. The Morgan fingerprint density at radius 2 is 1.45 bits per heavy atom. The summed E-state index contributed by atoms with van der Waals surface area (Å²) in [7, 11) is 4.25. The molecule has 0 heterocycles. The van der Waals surface area contributed by atoms with Crippen molar-refractivity contribution < 1.29 is 19.8 Å². The van der Waals surface area contributed by atoms with E-state index in [-0.39, 0.29) is 17.0 Å². The summed E-state index contributed by atoms with van der Waals surface area (Å²) in [6, 6.07) is 4.55. The van der Waals surface area contributed by atoms with Gasteiger partial charge in [-0.1, -0.05) is 13.0 Å². The average molecular weight is 310 g/mol. The van der Waals surface area contributed by atoms with Gasteiger partial charge in [0.05, 0.1) is 19.6 Å². The van der Waals surface area contributed by atoms with Gasteiger partial charge in [0.2, 0.25) is 0 Å². The highest BCUT2D eigenvalue weighted by atomic mass is 16.3. The van der Waals surface area contributed by atoms with Gasteiger partial charge in [-0.05, 0) is 52.3 Å². The molecule has 0 bridgehead atoms. The van der Waals surface area contributed by atoms with Crippen LogP contribution < -0.4 is 0 Å². The largest absolute Gasteiger partial charge is 0.504 e. The molecular weight excluding hydrogens is 278 g/mol. The predicted molar refractivity (Wildman–Crippen MR) is 89.9 cm³/mol. The molecule has 0 aliphatic carbocycles. The molecule has 1 aromatic rings. The fourth-order valence-corrected chi connectivity index (χ4v) is 3.16. The lowest BCUT2D eigenvalue weighted by atomic mass is 9.71. The van der Waals surface area contributed by atoms with E-state index in [0.29, 0.717) is 10.0 Å². The van der Waals surface area contributed by atoms with Crippen molar-refractivity contribution in [3.8, 4) is 11.5 Å². The molecule has 126 valence electrons. The SMILES string of the molecule is CCC(C)(C(C)(O)c1ccc(O)c(O)c1)[N+](C)(C)C(C)(C)C. The number of hydrogen-bond donors (Lipinski definition) is 3. The van der Waals surface area contributed by atoms with Crippen LogP contribution in [0.15, 0.2) is 18.2 Å². The van der Waals surface area contributed by atoms with E-state index in [4.69, 9.17) is 0 Å². The summed E-state index contributed by atoms with van der Waals surface area (Å²) in [5.41, 5.74) is -1.14. The second-order valence-electron chi connectivity index (χ2n) is 8.03. The van der Waals surface area contributed by atoms with Gasteiger partial charge in [-0.25, -0.2) is 0 Å². The Morgan fingerprint density at radius 3 is 1.82 bits per heavy atom. The first-order valence-corrected chi connectivity index (χ1v) is 7.81. The van der Waals surface area contributed by atoms with Gasteiger partial charge in [-0.3, -0.25) is 0 Å². The molecule has 0 saturated heterocycles. The van der Waals surface area contributed by atoms with Gasteiger partial charge in [0.15, 0.2) is 11.5 Å². The van der Waals surface area contributed by atoms with Crippen LogP contribution in [0.5, 0.6) is 11.5 Å². The lowest BCUT2D eigenvalue weighted by Crippen LogP contribution is -2.73. The van der Waals surface area contributed by atoms with Crippen LogP contribution in [0.25, 0.3) is 0 Å². The number of benzene rings is 1. The molecule has 0 aliphatic heterocycles. The van der Waals surface area contributed by atoms with Crippen molar-refractivity contribution in [1.29, 1.82) is 0 Å². The number of aromatic hydroxyl groups is 2. The standard InChI is InChI=1S/C18H31NO3/c1-9-17(5,19(7,8)16(2,3)4)18(6,22)13-10-11-14(20)15(21)12-13/h10-12,22H,9H2,1-8H3,(H-,20,21)/p+1. The van der Waals surface area contributed by atoms with Crippen molar-refractivity contribution in [3.63, 3.8) is 0 Å². The first-order valence-electron chi connectivity index (χ1n) is 7.81. The molecule has 0 radical (unpaired) electrons. The highest BCUT2D eigenvalue weighted by Gasteiger charge is 2.58. The number of phenols is 2. The lowest BCUT2D eigenvalue weighted by Gasteiger charge is -2.59. The first kappa shape index (κ1) is 18.8. The quantitative estimate of drug-likeness (QED) is 0.590. The van der Waals surface area contributed by atoms with Crippen LogP contribution in [-0.4, -0.2) is 45.0 Å². The first-order chi connectivity index (χ1) is 9.72. The molecule has 0 amide bonds. The van der Waals surface area contributed by atoms with Gasteiger partial charge >= 0.3 is 0 Å². The van der Waals surface area contributed by atoms with E-state index in [9.17, 15) is 15.3 Å². The molecule has 3 N–H and O–H groups in total. The molecule has 0 aliphatic rings. The molecule has 0 saturated carbocycles. The van der Waals surface area contributed by atoms with Gasteiger partial charge in [-0.2, -0.15) is 0 Å². The molecule has 2 atom stereocenters. The summed E-state index contributed by atoms with van der Waals surface area (Å²) in [6.07, 6.45) is 0.756. The number of rotatable bonds is 4. The summed E-state index contributed by atoms with van der Waals surface area (Å²) in [5.74, 6) is -0.389. The Labute approximate surface area is 134 Å². The Kier molecular flexibility index (Phi) is 4.63. The van der Waals surface area contributed by atoms with Crippen LogP contribution in [0, 0.1) is 0 Å². The summed E-state index contributed by atoms with van der Waals surface area (Å²) in [5, 5.41) is 30.7. The summed E-state index contributed by atoms with van der Waals surface area (Å²) < 4.78 is 0.602. The molecule has 0 fully saturated rings. The number of phenolic OH excluding ortho intramolecular Hbond substituents is 2. The Balaban J connectivity index is 3.52. The Hall–Kier alpha value is -1.26. The number of nitrogens with zero attached hydrogens (tertiary/aromatic N) is 1. The van der Waals surface area contributed by atoms with E-state index in [1.54, 1.807) is 13.0 Å². The third-order valence-electron chi connectivity index (χ3n) is 6.19. The van der Waals surface area contributed by atoms with Crippen molar-refractivity contribution in [1.82, 2.24) is 0 Å². The highest BCUT2D eigenvalue weighted by Crippen LogP contribution is 2.47. The van der Waals surface area contributed by atoms with E-state index >= 15 is 0 Å². The van der Waals surface area contributed by atoms with Crippen molar-refractivity contribution in [3.05, 3.63) is 23.8 Å². The molecular formula is C18H32NO3+. The van der Waals surface area contributed by atoms with Gasteiger partial charge in [0, 0.05) is 6.42 Å². The normalized spacial score (nSPS) is 18.6. The topological polar surface area (TPSA) is 60.7 Å². The minimum Gasteiger partial charge on any atom is -0.504 e. The maximum Gasteiger partial charge on any atom is 0.157 e. The molecule has 0 aromatic heterocycles. The van der Waals surface area contributed by atoms with E-state index < -0.39 is 11.1 Å². The third-order valence-corrected chi connectivity index (χ3v) is 6.19. The number of hydrogen-bond acceptors (Lipinski definition) is 3. The van der Waals surface area contributed by atoms with E-state index in [2.05, 4.69) is 48.7 Å². The van der Waals surface area contributed by atoms with Crippen LogP contribution in [0.2, 0.25) is 0 Å². The highest BCUT2D eigenvalue weighted by molar-refractivity contribution is 5.43. The zero-order chi connectivity index (χ0) is 17.6. The summed E-state index contributed by atoms with van der Waals surface area (Å²) in [6.45, 7) is 12.4. The van der Waals surface area contributed by atoms with Crippen LogP contribution in [0.4, 0.5) is 0 Å². The van der Waals surface area contributed by atoms with E-state index in [0.717, 1.165) is 6.42 Å². The van der Waals surface area contributed by atoms with Gasteiger partial charge in [0.25, 0.3) is 0 Å². The molecule has 22 heavy (non-hydrogen) atoms. The Morgan fingerprint density at radius 1 is 0.955 bits per heavy atom. The van der Waals surface area contributed by atoms with Crippen molar-refractivity contribution in [2.75, 3.05) is 14.1 Å². The maximum absolute atomic E-state index is 11.4. The zero-order valence-corrected chi connectivity index (χ0v) is 15.2. The fourth-order valence-electron chi connectivity index (χ4n) is 3.16. The third kappa shape index (κ3) is 2.59. The smallest absolute Gasteiger partial charge is 0.157 e. The van der Waals surface area contributed by atoms with E-state index in [1.807, 2.05) is 0 Å². The number of aliphatic hydroxyl groups is 1. The maximum atomic E-state index is 11.4. The van der Waals surface area contributed by atoms with Gasteiger partial charge in [0.1, 0.15) is 11.1 Å². The minimum atomic E-state index is -1.18. The second-order valence-corrected chi connectivity index (χ2v) is 8.03. The molecule has 4 nitrogen and oxygen atoms in total. The average Bonchev–Trinajstić information content (AvgIpc) is 2.38. The second kappa shape index (κ2) is 5.43. The van der Waals surface area contributed by atoms with Gasteiger partial charge in [-0.15, -0.1) is 0 Å². The lowest BCUT2D eigenvalue weighted by molar-refractivity contribution is -0.989. The predicted octanol–water partition coefficient (Wildman–Crippen LogP) is 3.35. The van der Waals surface area contributed by atoms with Crippen molar-refractivity contribution in [2.24, 2.45) is 0 Å². The minimum absolute atomic E-state index is 0.0757. The molecule has 2 unspecified atom stereocenters. The summed E-state index contributed by atoms with van der Waals surface area (Å²) >= 11 is 0. The molecule has 0 spiro atoms. The van der Waals surface area contributed by atoms with Crippen molar-refractivity contribution >= 4 is 0 Å². The monoisotopic (exact) mass is 310 g/mol. The van der Waals surface area contributed by atoms with Crippen LogP contribution in [0.3, 0.4) is 0 Å². The molecule has 1 rings (SSSR count). The summed E-state index contributed by atoms with van der Waals surface area (Å²) in [4.78, 5) is 0. The van der Waals surface area contributed by atoms with Crippen LogP contribution in [-0.2, 0) is 5.60 Å². The van der Waals surface area contributed by atoms with Crippen LogP contribution >= 0.6 is 0 Å². The van der Waals surface area contributed by atoms with Crippen molar-refractivity contribution in [2.45, 2.75) is 64.6 Å².